The minimum atomic E-state index is -4.45. The van der Waals surface area contributed by atoms with Crippen LogP contribution in [0, 0.1) is 6.92 Å². The number of aryl methyl sites for hydroxylation is 1. The zero-order chi connectivity index (χ0) is 22.0. The summed E-state index contributed by atoms with van der Waals surface area (Å²) in [5.74, 6) is 0. The molecule has 1 fully saturated rings. The second kappa shape index (κ2) is 8.33. The Bertz CT molecular complexity index is 1050. The summed E-state index contributed by atoms with van der Waals surface area (Å²) >= 11 is 0. The molecule has 0 unspecified atom stereocenters. The lowest BCUT2D eigenvalue weighted by molar-refractivity contribution is -0.137. The van der Waals surface area contributed by atoms with E-state index in [1.807, 2.05) is 42.0 Å². The van der Waals surface area contributed by atoms with E-state index in [1.165, 1.54) is 12.1 Å². The number of alkyl halides is 3. The van der Waals surface area contributed by atoms with Gasteiger partial charge in [0.1, 0.15) is 0 Å². The quantitative estimate of drug-likeness (QED) is 0.665. The Morgan fingerprint density at radius 2 is 1.68 bits per heavy atom. The highest BCUT2D eigenvalue weighted by atomic mass is 19.4. The van der Waals surface area contributed by atoms with Crippen LogP contribution in [0.25, 0.3) is 5.69 Å². The molecule has 1 aliphatic heterocycles. The number of nitrogens with one attached hydrogen (secondary N) is 1. The van der Waals surface area contributed by atoms with E-state index in [-0.39, 0.29) is 5.69 Å². The predicted molar refractivity (Wildman–Crippen MR) is 113 cm³/mol. The van der Waals surface area contributed by atoms with E-state index in [4.69, 9.17) is 0 Å². The Hall–Kier alpha value is -3.49. The molecular weight excluding hydrogens is 407 g/mol. The Morgan fingerprint density at radius 3 is 2.29 bits per heavy atom. The lowest BCUT2D eigenvalue weighted by Crippen LogP contribution is -2.50. The highest BCUT2D eigenvalue weighted by molar-refractivity contribution is 5.89. The van der Waals surface area contributed by atoms with Gasteiger partial charge in [-0.15, -0.1) is 0 Å². The maximum Gasteiger partial charge on any atom is 0.416 e. The van der Waals surface area contributed by atoms with Crippen LogP contribution in [0.4, 0.5) is 29.3 Å². The molecule has 4 rings (SSSR count). The van der Waals surface area contributed by atoms with E-state index in [0.29, 0.717) is 26.2 Å². The van der Waals surface area contributed by atoms with Gasteiger partial charge in [0.05, 0.1) is 17.6 Å². The molecule has 31 heavy (non-hydrogen) atoms. The van der Waals surface area contributed by atoms with Gasteiger partial charge in [-0.2, -0.15) is 13.2 Å². The number of rotatable bonds is 3. The van der Waals surface area contributed by atoms with E-state index in [9.17, 15) is 18.0 Å². The summed E-state index contributed by atoms with van der Waals surface area (Å²) in [5, 5.41) is 2.57. The maximum absolute atomic E-state index is 12.9. The molecule has 1 saturated heterocycles. The Morgan fingerprint density at radius 1 is 1.00 bits per heavy atom. The van der Waals surface area contributed by atoms with Gasteiger partial charge in [0.2, 0.25) is 0 Å². The first-order chi connectivity index (χ1) is 14.8. The molecule has 0 saturated carbocycles. The molecule has 1 N–H and O–H groups in total. The molecular formula is C22H22F3N5O. The van der Waals surface area contributed by atoms with E-state index in [0.717, 1.165) is 29.2 Å². The van der Waals surface area contributed by atoms with Crippen LogP contribution in [0.1, 0.15) is 11.3 Å². The molecule has 1 aromatic heterocycles. The first kappa shape index (κ1) is 20.8. The molecule has 2 heterocycles. The van der Waals surface area contributed by atoms with E-state index in [1.54, 1.807) is 11.2 Å². The van der Waals surface area contributed by atoms with Crippen molar-refractivity contribution < 1.29 is 18.0 Å². The van der Waals surface area contributed by atoms with Gasteiger partial charge in [-0.3, -0.25) is 0 Å². The van der Waals surface area contributed by atoms with Crippen LogP contribution in [0.2, 0.25) is 0 Å². The summed E-state index contributed by atoms with van der Waals surface area (Å²) in [5.41, 5.74) is 2.36. The Kier molecular flexibility index (Phi) is 5.58. The third-order valence-electron chi connectivity index (χ3n) is 5.23. The van der Waals surface area contributed by atoms with Crippen LogP contribution in [-0.4, -0.2) is 46.7 Å². The second-order valence-corrected chi connectivity index (χ2v) is 7.42. The zero-order valence-corrected chi connectivity index (χ0v) is 16.9. The molecule has 2 aromatic carbocycles. The molecule has 2 amide bonds. The first-order valence-corrected chi connectivity index (χ1v) is 9.89. The van der Waals surface area contributed by atoms with Gasteiger partial charge in [0.15, 0.2) is 0 Å². The van der Waals surface area contributed by atoms with Gasteiger partial charge in [-0.05, 0) is 49.4 Å². The fourth-order valence-corrected chi connectivity index (χ4v) is 3.54. The number of amides is 2. The summed E-state index contributed by atoms with van der Waals surface area (Å²) in [4.78, 5) is 20.5. The topological polar surface area (TPSA) is 53.4 Å². The zero-order valence-electron chi connectivity index (χ0n) is 16.9. The van der Waals surface area contributed by atoms with Crippen molar-refractivity contribution in [2.24, 2.45) is 0 Å². The lowest BCUT2D eigenvalue weighted by atomic mass is 10.2. The van der Waals surface area contributed by atoms with E-state index in [2.05, 4.69) is 15.2 Å². The largest absolute Gasteiger partial charge is 0.416 e. The monoisotopic (exact) mass is 429 g/mol. The number of carbonyl (C=O) groups is 1. The number of aromatic nitrogens is 2. The third kappa shape index (κ3) is 4.82. The number of imidazole rings is 1. The average molecular weight is 429 g/mol. The number of anilines is 2. The summed E-state index contributed by atoms with van der Waals surface area (Å²) in [7, 11) is 0. The molecule has 0 spiro atoms. The molecule has 0 atom stereocenters. The maximum atomic E-state index is 12.9. The number of benzene rings is 2. The van der Waals surface area contributed by atoms with Crippen molar-refractivity contribution in [1.29, 1.82) is 0 Å². The number of urea groups is 1. The molecule has 162 valence electrons. The van der Waals surface area contributed by atoms with Crippen molar-refractivity contribution in [3.8, 4) is 5.69 Å². The lowest BCUT2D eigenvalue weighted by Gasteiger charge is -2.36. The fourth-order valence-electron chi connectivity index (χ4n) is 3.54. The first-order valence-electron chi connectivity index (χ1n) is 9.89. The van der Waals surface area contributed by atoms with Gasteiger partial charge in [0, 0.05) is 49.4 Å². The number of hydrogen-bond donors (Lipinski definition) is 1. The van der Waals surface area contributed by atoms with Gasteiger partial charge >= 0.3 is 12.2 Å². The number of carbonyl (C=O) groups excluding carboxylic acids is 1. The van der Waals surface area contributed by atoms with Crippen molar-refractivity contribution >= 4 is 17.4 Å². The summed E-state index contributed by atoms with van der Waals surface area (Å²) < 4.78 is 40.5. The highest BCUT2D eigenvalue weighted by Gasteiger charge is 2.30. The van der Waals surface area contributed by atoms with Gasteiger partial charge in [-0.1, -0.05) is 6.07 Å². The standard InChI is InChI=1S/C22H22F3N5O/c1-16-14-30(15-26-16)20-7-5-19(6-8-20)28-9-11-29(12-10-28)21(31)27-18-4-2-3-17(13-18)22(23,24)25/h2-8,13-15H,9-12H2,1H3,(H,27,31). The Balaban J connectivity index is 1.34. The summed E-state index contributed by atoms with van der Waals surface area (Å²) in [6, 6.07) is 12.4. The molecule has 9 heteroatoms. The number of nitrogens with zero attached hydrogens (tertiary/aromatic N) is 4. The molecule has 6 nitrogen and oxygen atoms in total. The summed E-state index contributed by atoms with van der Waals surface area (Å²) in [6.45, 7) is 4.17. The molecule has 3 aromatic rings. The number of hydrogen-bond acceptors (Lipinski definition) is 3. The van der Waals surface area contributed by atoms with E-state index < -0.39 is 17.8 Å². The van der Waals surface area contributed by atoms with Crippen molar-refractivity contribution in [2.45, 2.75) is 13.1 Å². The molecule has 0 bridgehead atoms. The van der Waals surface area contributed by atoms with Gasteiger partial charge in [0.25, 0.3) is 0 Å². The molecule has 0 radical (unpaired) electrons. The Labute approximate surface area is 177 Å². The molecule has 0 aliphatic carbocycles. The van der Waals surface area contributed by atoms with Crippen LogP contribution in [0.5, 0.6) is 0 Å². The molecule has 1 aliphatic rings. The van der Waals surface area contributed by atoms with Crippen LogP contribution in [0.3, 0.4) is 0 Å². The van der Waals surface area contributed by atoms with Crippen LogP contribution in [0.15, 0.2) is 61.1 Å². The van der Waals surface area contributed by atoms with E-state index >= 15 is 0 Å². The van der Waals surface area contributed by atoms with Crippen molar-refractivity contribution in [1.82, 2.24) is 14.5 Å². The van der Waals surface area contributed by atoms with Gasteiger partial charge in [-0.25, -0.2) is 9.78 Å². The summed E-state index contributed by atoms with van der Waals surface area (Å²) in [6.07, 6.45) is -0.721. The normalized spacial score (nSPS) is 14.6. The fraction of sp³-hybridized carbons (Fsp3) is 0.273. The highest BCUT2D eigenvalue weighted by Crippen LogP contribution is 2.30. The number of halogens is 3. The minimum Gasteiger partial charge on any atom is -0.368 e. The van der Waals surface area contributed by atoms with Crippen LogP contribution >= 0.6 is 0 Å². The van der Waals surface area contributed by atoms with Crippen molar-refractivity contribution in [3.63, 3.8) is 0 Å². The SMILES string of the molecule is Cc1cn(-c2ccc(N3CCN(C(=O)Nc4cccc(C(F)(F)F)c4)CC3)cc2)cn1. The average Bonchev–Trinajstić information content (AvgIpc) is 3.20. The van der Waals surface area contributed by atoms with Gasteiger partial charge < -0.3 is 19.7 Å². The predicted octanol–water partition coefficient (Wildman–Crippen LogP) is 4.55. The number of piperazine rings is 1. The third-order valence-corrected chi connectivity index (χ3v) is 5.23. The van der Waals surface area contributed by atoms with Crippen LogP contribution in [-0.2, 0) is 6.18 Å². The second-order valence-electron chi connectivity index (χ2n) is 7.42. The van der Waals surface area contributed by atoms with Crippen LogP contribution < -0.4 is 10.2 Å². The minimum absolute atomic E-state index is 0.132. The van der Waals surface area contributed by atoms with Crippen molar-refractivity contribution in [3.05, 3.63) is 72.3 Å². The van der Waals surface area contributed by atoms with Crippen molar-refractivity contribution in [2.75, 3.05) is 36.4 Å². The smallest absolute Gasteiger partial charge is 0.368 e.